The Labute approximate surface area is 196 Å². The topological polar surface area (TPSA) is 67.2 Å². The molecule has 2 amide bonds. The zero-order valence-corrected chi connectivity index (χ0v) is 18.9. The molecule has 3 aromatic carbocycles. The number of hydrogen-bond donors (Lipinski definition) is 1. The first kappa shape index (κ1) is 21.2. The lowest BCUT2D eigenvalue weighted by atomic mass is 10.0. The SMILES string of the molecule is C[C@H]1c2nc3ccccc3n2[C@H](CC(=O)Nc2cccc(Cl)c2)C(=O)N1Cc1ccccc1. The van der Waals surface area contributed by atoms with Crippen molar-refractivity contribution in [3.05, 3.63) is 95.3 Å². The van der Waals surface area contributed by atoms with E-state index in [0.29, 0.717) is 17.3 Å². The fraction of sp³-hybridized carbons (Fsp3) is 0.192. The molecule has 7 heteroatoms. The Kier molecular flexibility index (Phi) is 5.60. The minimum absolute atomic E-state index is 0.00326. The summed E-state index contributed by atoms with van der Waals surface area (Å²) in [6.07, 6.45) is -0.00326. The zero-order chi connectivity index (χ0) is 22.9. The van der Waals surface area contributed by atoms with Crippen molar-refractivity contribution in [1.29, 1.82) is 0 Å². The maximum absolute atomic E-state index is 13.8. The van der Waals surface area contributed by atoms with Gasteiger partial charge in [0.05, 0.1) is 23.5 Å². The molecule has 5 rings (SSSR count). The van der Waals surface area contributed by atoms with Crippen LogP contribution in [0.3, 0.4) is 0 Å². The van der Waals surface area contributed by atoms with Gasteiger partial charge < -0.3 is 14.8 Å². The molecule has 2 heterocycles. The van der Waals surface area contributed by atoms with Gasteiger partial charge in [0.15, 0.2) is 0 Å². The van der Waals surface area contributed by atoms with Crippen LogP contribution in [0.25, 0.3) is 11.0 Å². The minimum Gasteiger partial charge on any atom is -0.327 e. The number of aromatic nitrogens is 2. The fourth-order valence-corrected chi connectivity index (χ4v) is 4.64. The molecule has 0 bridgehead atoms. The van der Waals surface area contributed by atoms with Gasteiger partial charge in [0.25, 0.3) is 0 Å². The molecule has 1 N–H and O–H groups in total. The molecule has 2 atom stereocenters. The first-order chi connectivity index (χ1) is 16.0. The van der Waals surface area contributed by atoms with E-state index in [1.165, 1.54) is 0 Å². The highest BCUT2D eigenvalue weighted by Gasteiger charge is 2.40. The Balaban J connectivity index is 1.51. The van der Waals surface area contributed by atoms with Gasteiger partial charge in [-0.05, 0) is 42.8 Å². The van der Waals surface area contributed by atoms with Crippen molar-refractivity contribution in [3.63, 3.8) is 0 Å². The van der Waals surface area contributed by atoms with E-state index in [9.17, 15) is 9.59 Å². The summed E-state index contributed by atoms with van der Waals surface area (Å²) < 4.78 is 1.93. The third-order valence-corrected chi connectivity index (χ3v) is 6.26. The molecule has 6 nitrogen and oxygen atoms in total. The zero-order valence-electron chi connectivity index (χ0n) is 18.1. The number of benzene rings is 3. The summed E-state index contributed by atoms with van der Waals surface area (Å²) >= 11 is 6.05. The Morgan fingerprint density at radius 2 is 1.79 bits per heavy atom. The molecule has 1 aromatic heterocycles. The Morgan fingerprint density at radius 1 is 1.03 bits per heavy atom. The summed E-state index contributed by atoms with van der Waals surface area (Å²) in [5.74, 6) is 0.434. The van der Waals surface area contributed by atoms with Crippen LogP contribution in [-0.2, 0) is 16.1 Å². The number of rotatable bonds is 5. The Hall–Kier alpha value is -3.64. The van der Waals surface area contributed by atoms with Gasteiger partial charge in [0, 0.05) is 17.3 Å². The van der Waals surface area contributed by atoms with Crippen molar-refractivity contribution in [2.45, 2.75) is 32.0 Å². The molecule has 0 fully saturated rings. The number of carbonyl (C=O) groups is 2. The van der Waals surface area contributed by atoms with Gasteiger partial charge in [-0.15, -0.1) is 0 Å². The molecule has 0 aliphatic carbocycles. The molecule has 0 unspecified atom stereocenters. The van der Waals surface area contributed by atoms with E-state index in [4.69, 9.17) is 16.6 Å². The molecule has 1 aliphatic heterocycles. The van der Waals surface area contributed by atoms with Crippen molar-refractivity contribution in [2.75, 3.05) is 5.32 Å². The summed E-state index contributed by atoms with van der Waals surface area (Å²) in [5.41, 5.74) is 3.30. The van der Waals surface area contributed by atoms with Gasteiger partial charge in [0.1, 0.15) is 11.9 Å². The third kappa shape index (κ3) is 4.10. The van der Waals surface area contributed by atoms with E-state index >= 15 is 0 Å². The van der Waals surface area contributed by atoms with Gasteiger partial charge >= 0.3 is 0 Å². The summed E-state index contributed by atoms with van der Waals surface area (Å²) in [6, 6.07) is 23.7. The van der Waals surface area contributed by atoms with Gasteiger partial charge in [0.2, 0.25) is 11.8 Å². The maximum Gasteiger partial charge on any atom is 0.247 e. The number of hydrogen-bond acceptors (Lipinski definition) is 3. The number of fused-ring (bicyclic) bond motifs is 3. The molecular weight excluding hydrogens is 436 g/mol. The molecular formula is C26H23ClN4O2. The highest BCUT2D eigenvalue weighted by Crippen LogP contribution is 2.37. The number of halogens is 1. The monoisotopic (exact) mass is 458 g/mol. The van der Waals surface area contributed by atoms with Crippen molar-refractivity contribution in [2.24, 2.45) is 0 Å². The van der Waals surface area contributed by atoms with Crippen molar-refractivity contribution >= 4 is 40.1 Å². The van der Waals surface area contributed by atoms with Gasteiger partial charge in [-0.1, -0.05) is 60.1 Å². The minimum atomic E-state index is -0.688. The van der Waals surface area contributed by atoms with E-state index in [1.54, 1.807) is 24.3 Å². The van der Waals surface area contributed by atoms with Crippen LogP contribution >= 0.6 is 11.6 Å². The highest BCUT2D eigenvalue weighted by atomic mass is 35.5. The summed E-state index contributed by atoms with van der Waals surface area (Å²) in [4.78, 5) is 33.4. The van der Waals surface area contributed by atoms with E-state index in [0.717, 1.165) is 22.4 Å². The van der Waals surface area contributed by atoms with Gasteiger partial charge in [-0.25, -0.2) is 4.98 Å². The first-order valence-corrected chi connectivity index (χ1v) is 11.3. The van der Waals surface area contributed by atoms with Crippen molar-refractivity contribution < 1.29 is 9.59 Å². The maximum atomic E-state index is 13.8. The summed E-state index contributed by atoms with van der Waals surface area (Å²) in [5, 5.41) is 3.40. The largest absolute Gasteiger partial charge is 0.327 e. The lowest BCUT2D eigenvalue weighted by Gasteiger charge is -2.38. The van der Waals surface area contributed by atoms with E-state index in [-0.39, 0.29) is 24.3 Å². The van der Waals surface area contributed by atoms with Crippen LogP contribution in [0.4, 0.5) is 5.69 Å². The van der Waals surface area contributed by atoms with Crippen LogP contribution in [0.2, 0.25) is 5.02 Å². The predicted octanol–water partition coefficient (Wildman–Crippen LogP) is 5.36. The fourth-order valence-electron chi connectivity index (χ4n) is 4.44. The molecule has 1 aliphatic rings. The van der Waals surface area contributed by atoms with Crippen LogP contribution in [0.1, 0.15) is 36.8 Å². The average Bonchev–Trinajstić information content (AvgIpc) is 3.20. The summed E-state index contributed by atoms with van der Waals surface area (Å²) in [7, 11) is 0. The lowest BCUT2D eigenvalue weighted by Crippen LogP contribution is -2.45. The second kappa shape index (κ2) is 8.71. The smallest absolute Gasteiger partial charge is 0.247 e. The molecule has 4 aromatic rings. The third-order valence-electron chi connectivity index (χ3n) is 6.03. The number of nitrogens with one attached hydrogen (secondary N) is 1. The van der Waals surface area contributed by atoms with E-state index in [1.807, 2.05) is 71.0 Å². The first-order valence-electron chi connectivity index (χ1n) is 10.9. The quantitative estimate of drug-likeness (QED) is 0.437. The van der Waals surface area contributed by atoms with E-state index < -0.39 is 6.04 Å². The summed E-state index contributed by atoms with van der Waals surface area (Å²) in [6.45, 7) is 2.44. The molecule has 0 radical (unpaired) electrons. The Bertz CT molecular complexity index is 1330. The van der Waals surface area contributed by atoms with Crippen LogP contribution in [0.5, 0.6) is 0 Å². The molecule has 166 valence electrons. The number of amides is 2. The van der Waals surface area contributed by atoms with Crippen molar-refractivity contribution in [1.82, 2.24) is 14.5 Å². The molecule has 0 saturated heterocycles. The highest BCUT2D eigenvalue weighted by molar-refractivity contribution is 6.30. The molecule has 0 saturated carbocycles. The molecule has 33 heavy (non-hydrogen) atoms. The van der Waals surface area contributed by atoms with Crippen LogP contribution in [0, 0.1) is 0 Å². The number of anilines is 1. The van der Waals surface area contributed by atoms with Crippen LogP contribution < -0.4 is 5.32 Å². The van der Waals surface area contributed by atoms with Crippen LogP contribution in [0.15, 0.2) is 78.9 Å². The standard InChI is InChI=1S/C26H23ClN4O2/c1-17-25-29-21-12-5-6-13-22(21)31(25)23(15-24(32)28-20-11-7-10-19(27)14-20)26(33)30(17)16-18-8-3-2-4-9-18/h2-14,17,23H,15-16H2,1H3,(H,28,32)/t17-,23+/m0/s1. The number of nitrogens with zero attached hydrogens (tertiary/aromatic N) is 3. The number of para-hydroxylation sites is 2. The van der Waals surface area contributed by atoms with Gasteiger partial charge in [-0.3, -0.25) is 9.59 Å². The van der Waals surface area contributed by atoms with Crippen LogP contribution in [-0.4, -0.2) is 26.3 Å². The molecule has 0 spiro atoms. The second-order valence-electron chi connectivity index (χ2n) is 8.23. The Morgan fingerprint density at radius 3 is 2.58 bits per heavy atom. The van der Waals surface area contributed by atoms with E-state index in [2.05, 4.69) is 5.32 Å². The predicted molar refractivity (Wildman–Crippen MR) is 129 cm³/mol. The van der Waals surface area contributed by atoms with Gasteiger partial charge in [-0.2, -0.15) is 0 Å². The number of imidazole rings is 1. The average molecular weight is 459 g/mol. The normalized spacial score (nSPS) is 17.8. The second-order valence-corrected chi connectivity index (χ2v) is 8.67. The lowest BCUT2D eigenvalue weighted by molar-refractivity contribution is -0.142. The van der Waals surface area contributed by atoms with Crippen molar-refractivity contribution in [3.8, 4) is 0 Å². The number of carbonyl (C=O) groups excluding carboxylic acids is 2.